The Balaban J connectivity index is 1.91. The van der Waals surface area contributed by atoms with Crippen LogP contribution in [0.4, 0.5) is 0 Å². The summed E-state index contributed by atoms with van der Waals surface area (Å²) in [7, 11) is 0. The van der Waals surface area contributed by atoms with Crippen LogP contribution in [-0.4, -0.2) is 6.54 Å². The number of aryl methyl sites for hydroxylation is 3. The molecule has 0 radical (unpaired) electrons. The van der Waals surface area contributed by atoms with Gasteiger partial charge in [0.05, 0.1) is 0 Å². The highest BCUT2D eigenvalue weighted by molar-refractivity contribution is 5.30. The Morgan fingerprint density at radius 3 is 2.38 bits per heavy atom. The molecule has 0 saturated heterocycles. The molecule has 0 aromatic heterocycles. The molecule has 1 heteroatoms. The van der Waals surface area contributed by atoms with Crippen LogP contribution in [0.15, 0.2) is 48.5 Å². The largest absolute Gasteiger partial charge is 0.310 e. The van der Waals surface area contributed by atoms with E-state index in [2.05, 4.69) is 74.6 Å². The van der Waals surface area contributed by atoms with Gasteiger partial charge >= 0.3 is 0 Å². The van der Waals surface area contributed by atoms with Crippen molar-refractivity contribution in [2.75, 3.05) is 6.54 Å². The van der Waals surface area contributed by atoms with Crippen LogP contribution in [0.25, 0.3) is 0 Å². The summed E-state index contributed by atoms with van der Waals surface area (Å²) in [4.78, 5) is 0. The van der Waals surface area contributed by atoms with Crippen molar-refractivity contribution in [1.82, 2.24) is 5.32 Å². The molecule has 1 N–H and O–H groups in total. The minimum atomic E-state index is 0.475. The van der Waals surface area contributed by atoms with Crippen LogP contribution in [-0.2, 0) is 6.42 Å². The average Bonchev–Trinajstić information content (AvgIpc) is 2.51. The summed E-state index contributed by atoms with van der Waals surface area (Å²) in [5.41, 5.74) is 5.65. The molecule has 0 heterocycles. The van der Waals surface area contributed by atoms with E-state index in [1.165, 1.54) is 35.1 Å². The van der Waals surface area contributed by atoms with Crippen molar-refractivity contribution >= 4 is 0 Å². The Kier molecular flexibility index (Phi) is 6.01. The topological polar surface area (TPSA) is 12.0 Å². The first-order valence-corrected chi connectivity index (χ1v) is 8.05. The van der Waals surface area contributed by atoms with E-state index in [1.807, 2.05) is 0 Å². The lowest BCUT2D eigenvalue weighted by Gasteiger charge is -2.18. The number of benzene rings is 2. The molecule has 2 aromatic carbocycles. The molecule has 0 spiro atoms. The van der Waals surface area contributed by atoms with Crippen molar-refractivity contribution in [3.63, 3.8) is 0 Å². The molecule has 0 aliphatic carbocycles. The van der Waals surface area contributed by atoms with Gasteiger partial charge in [0.1, 0.15) is 0 Å². The SMILES string of the molecule is CCNC(CCCc1ccc(C)c(C)c1)c1ccccc1. The van der Waals surface area contributed by atoms with E-state index in [0.29, 0.717) is 6.04 Å². The van der Waals surface area contributed by atoms with Crippen LogP contribution in [0.3, 0.4) is 0 Å². The highest BCUT2D eigenvalue weighted by atomic mass is 14.9. The van der Waals surface area contributed by atoms with Gasteiger partial charge in [0, 0.05) is 6.04 Å². The second-order valence-electron chi connectivity index (χ2n) is 5.83. The van der Waals surface area contributed by atoms with Gasteiger partial charge in [-0.3, -0.25) is 0 Å². The van der Waals surface area contributed by atoms with Crippen molar-refractivity contribution in [2.45, 2.75) is 46.1 Å². The fraction of sp³-hybridized carbons (Fsp3) is 0.400. The second kappa shape index (κ2) is 7.99. The molecule has 1 atom stereocenters. The molecular weight excluding hydrogens is 254 g/mol. The van der Waals surface area contributed by atoms with Crippen LogP contribution in [0, 0.1) is 13.8 Å². The van der Waals surface area contributed by atoms with Crippen molar-refractivity contribution in [2.24, 2.45) is 0 Å². The molecule has 112 valence electrons. The standard InChI is InChI=1S/C20H27N/c1-4-21-20(19-10-6-5-7-11-19)12-8-9-18-14-13-16(2)17(3)15-18/h5-7,10-11,13-15,20-21H,4,8-9,12H2,1-3H3. The number of hydrogen-bond donors (Lipinski definition) is 1. The minimum Gasteiger partial charge on any atom is -0.310 e. The second-order valence-corrected chi connectivity index (χ2v) is 5.83. The Morgan fingerprint density at radius 1 is 0.952 bits per heavy atom. The summed E-state index contributed by atoms with van der Waals surface area (Å²) >= 11 is 0. The predicted octanol–water partition coefficient (Wildman–Crippen LogP) is 4.98. The van der Waals surface area contributed by atoms with E-state index < -0.39 is 0 Å². The quantitative estimate of drug-likeness (QED) is 0.755. The maximum atomic E-state index is 3.61. The molecular formula is C20H27N. The van der Waals surface area contributed by atoms with Crippen LogP contribution in [0.1, 0.15) is 48.1 Å². The number of nitrogens with one attached hydrogen (secondary N) is 1. The molecule has 2 aromatic rings. The maximum absolute atomic E-state index is 3.61. The summed E-state index contributed by atoms with van der Waals surface area (Å²) in [5.74, 6) is 0. The van der Waals surface area contributed by atoms with E-state index in [0.717, 1.165) is 13.0 Å². The Bertz CT molecular complexity index is 545. The van der Waals surface area contributed by atoms with Gasteiger partial charge < -0.3 is 5.32 Å². The minimum absolute atomic E-state index is 0.475. The Hall–Kier alpha value is -1.60. The maximum Gasteiger partial charge on any atom is 0.0320 e. The first-order chi connectivity index (χ1) is 10.2. The van der Waals surface area contributed by atoms with E-state index in [1.54, 1.807) is 0 Å². The number of hydrogen-bond acceptors (Lipinski definition) is 1. The van der Waals surface area contributed by atoms with Crippen molar-refractivity contribution in [3.8, 4) is 0 Å². The molecule has 1 unspecified atom stereocenters. The molecule has 2 rings (SSSR count). The summed E-state index contributed by atoms with van der Waals surface area (Å²) < 4.78 is 0. The average molecular weight is 281 g/mol. The molecule has 1 nitrogen and oxygen atoms in total. The van der Waals surface area contributed by atoms with Gasteiger partial charge in [-0.05, 0) is 61.9 Å². The van der Waals surface area contributed by atoms with Gasteiger partial charge in [0.15, 0.2) is 0 Å². The van der Waals surface area contributed by atoms with Crippen LogP contribution < -0.4 is 5.32 Å². The molecule has 0 amide bonds. The van der Waals surface area contributed by atoms with Gasteiger partial charge in [0.2, 0.25) is 0 Å². The fourth-order valence-electron chi connectivity index (χ4n) is 2.79. The summed E-state index contributed by atoms with van der Waals surface area (Å²) in [6.07, 6.45) is 3.57. The van der Waals surface area contributed by atoms with Crippen molar-refractivity contribution in [1.29, 1.82) is 0 Å². The lowest BCUT2D eigenvalue weighted by Crippen LogP contribution is -2.20. The molecule has 21 heavy (non-hydrogen) atoms. The smallest absolute Gasteiger partial charge is 0.0320 e. The van der Waals surface area contributed by atoms with Crippen molar-refractivity contribution in [3.05, 3.63) is 70.8 Å². The molecule has 0 bridgehead atoms. The van der Waals surface area contributed by atoms with Gasteiger partial charge in [0.25, 0.3) is 0 Å². The third-order valence-electron chi connectivity index (χ3n) is 4.18. The Labute approximate surface area is 129 Å². The monoisotopic (exact) mass is 281 g/mol. The van der Waals surface area contributed by atoms with Crippen LogP contribution in [0.2, 0.25) is 0 Å². The summed E-state index contributed by atoms with van der Waals surface area (Å²) in [6, 6.07) is 18.1. The summed E-state index contributed by atoms with van der Waals surface area (Å²) in [6.45, 7) is 7.57. The van der Waals surface area contributed by atoms with Gasteiger partial charge in [-0.25, -0.2) is 0 Å². The molecule has 0 fully saturated rings. The van der Waals surface area contributed by atoms with Crippen LogP contribution >= 0.6 is 0 Å². The summed E-state index contributed by atoms with van der Waals surface area (Å²) in [5, 5.41) is 3.61. The highest BCUT2D eigenvalue weighted by Gasteiger charge is 2.09. The Morgan fingerprint density at radius 2 is 1.71 bits per heavy atom. The fourth-order valence-corrected chi connectivity index (χ4v) is 2.79. The zero-order valence-electron chi connectivity index (χ0n) is 13.5. The van der Waals surface area contributed by atoms with E-state index in [4.69, 9.17) is 0 Å². The van der Waals surface area contributed by atoms with Crippen LogP contribution in [0.5, 0.6) is 0 Å². The van der Waals surface area contributed by atoms with Gasteiger partial charge in [-0.2, -0.15) is 0 Å². The lowest BCUT2D eigenvalue weighted by molar-refractivity contribution is 0.498. The first-order valence-electron chi connectivity index (χ1n) is 8.05. The van der Waals surface area contributed by atoms with E-state index in [-0.39, 0.29) is 0 Å². The van der Waals surface area contributed by atoms with Gasteiger partial charge in [-0.1, -0.05) is 55.5 Å². The molecule has 0 saturated carbocycles. The first kappa shape index (κ1) is 15.8. The predicted molar refractivity (Wildman–Crippen MR) is 91.7 cm³/mol. The van der Waals surface area contributed by atoms with Gasteiger partial charge in [-0.15, -0.1) is 0 Å². The third-order valence-corrected chi connectivity index (χ3v) is 4.18. The van der Waals surface area contributed by atoms with E-state index in [9.17, 15) is 0 Å². The number of rotatable bonds is 7. The zero-order chi connectivity index (χ0) is 15.1. The highest BCUT2D eigenvalue weighted by Crippen LogP contribution is 2.20. The van der Waals surface area contributed by atoms with Crippen molar-refractivity contribution < 1.29 is 0 Å². The molecule has 0 aliphatic rings. The van der Waals surface area contributed by atoms with E-state index >= 15 is 0 Å². The third kappa shape index (κ3) is 4.71. The zero-order valence-corrected chi connectivity index (χ0v) is 13.5. The normalized spacial score (nSPS) is 12.3. The lowest BCUT2D eigenvalue weighted by atomic mass is 9.97. The molecule has 0 aliphatic heterocycles.